The molecule has 1 atom stereocenters. The maximum atomic E-state index is 13.1. The molecule has 6 nitrogen and oxygen atoms in total. The molecule has 142 valence electrons. The molecule has 0 aliphatic rings. The Morgan fingerprint density at radius 1 is 1.12 bits per heavy atom. The second-order valence-corrected chi connectivity index (χ2v) is 8.78. The van der Waals surface area contributed by atoms with Crippen molar-refractivity contribution in [3.63, 3.8) is 0 Å². The summed E-state index contributed by atoms with van der Waals surface area (Å²) in [6, 6.07) is 9.78. The summed E-state index contributed by atoms with van der Waals surface area (Å²) >= 11 is 0. The van der Waals surface area contributed by atoms with Crippen LogP contribution in [0.1, 0.15) is 46.6 Å². The lowest BCUT2D eigenvalue weighted by Gasteiger charge is -2.28. The van der Waals surface area contributed by atoms with E-state index in [0.29, 0.717) is 12.8 Å². The first-order valence-corrected chi connectivity index (χ1v) is 10.2. The third-order valence-electron chi connectivity index (χ3n) is 3.23. The summed E-state index contributed by atoms with van der Waals surface area (Å²) in [6.07, 6.45) is 0.414. The number of rotatable bonds is 9. The third-order valence-corrected chi connectivity index (χ3v) is 5.62. The van der Waals surface area contributed by atoms with Gasteiger partial charge in [0.2, 0.25) is 0 Å². The van der Waals surface area contributed by atoms with Gasteiger partial charge in [-0.1, -0.05) is 30.3 Å². The molecule has 0 fully saturated rings. The first-order chi connectivity index (χ1) is 11.7. The van der Waals surface area contributed by atoms with Gasteiger partial charge in [0.15, 0.2) is 0 Å². The first kappa shape index (κ1) is 21.7. The molecule has 25 heavy (non-hydrogen) atoms. The fourth-order valence-corrected chi connectivity index (χ4v) is 4.14. The summed E-state index contributed by atoms with van der Waals surface area (Å²) < 4.78 is 29.2. The Morgan fingerprint density at radius 2 is 1.68 bits per heavy atom. The van der Waals surface area contributed by atoms with Crippen LogP contribution in [-0.2, 0) is 24.8 Å². The fourth-order valence-electron chi connectivity index (χ4n) is 2.28. The molecule has 0 aliphatic heterocycles. The fraction of sp³-hybridized carbons (Fsp3) is 0.611. The van der Waals surface area contributed by atoms with Crippen molar-refractivity contribution >= 4 is 13.7 Å². The number of carbonyl (C=O) groups excluding carboxylic acids is 1. The van der Waals surface area contributed by atoms with E-state index in [4.69, 9.17) is 13.8 Å². The number of nitrogens with one attached hydrogen (secondary N) is 1. The molecular formula is C18H30NO5P. The summed E-state index contributed by atoms with van der Waals surface area (Å²) in [5.41, 5.74) is 0.438. The highest BCUT2D eigenvalue weighted by molar-refractivity contribution is 7.54. The molecule has 1 rings (SSSR count). The Balaban J connectivity index is 2.91. The number of hydrogen-bond acceptors (Lipinski definition) is 5. The number of benzene rings is 1. The van der Waals surface area contributed by atoms with Gasteiger partial charge in [0.05, 0.1) is 13.2 Å². The van der Waals surface area contributed by atoms with E-state index in [9.17, 15) is 9.36 Å². The van der Waals surface area contributed by atoms with Crippen LogP contribution < -0.4 is 5.32 Å². The maximum Gasteiger partial charge on any atom is 0.408 e. The van der Waals surface area contributed by atoms with Gasteiger partial charge in [-0.2, -0.15) is 0 Å². The lowest BCUT2D eigenvalue weighted by Crippen LogP contribution is -2.40. The van der Waals surface area contributed by atoms with E-state index in [2.05, 4.69) is 5.32 Å². The highest BCUT2D eigenvalue weighted by atomic mass is 31.2. The van der Waals surface area contributed by atoms with Gasteiger partial charge >= 0.3 is 13.7 Å². The Bertz CT molecular complexity index is 561. The summed E-state index contributed by atoms with van der Waals surface area (Å²) in [6.45, 7) is 9.27. The van der Waals surface area contributed by atoms with Crippen LogP contribution in [0.2, 0.25) is 0 Å². The van der Waals surface area contributed by atoms with Crippen molar-refractivity contribution in [2.45, 2.75) is 58.8 Å². The number of ether oxygens (including phenoxy) is 1. The van der Waals surface area contributed by atoms with Crippen LogP contribution in [0.25, 0.3) is 0 Å². The average Bonchev–Trinajstić information content (AvgIpc) is 2.51. The first-order valence-electron chi connectivity index (χ1n) is 8.62. The van der Waals surface area contributed by atoms with Gasteiger partial charge in [-0.3, -0.25) is 4.57 Å². The van der Waals surface area contributed by atoms with Gasteiger partial charge in [-0.15, -0.1) is 0 Å². The summed E-state index contributed by atoms with van der Waals surface area (Å²) in [7, 11) is -3.50. The summed E-state index contributed by atoms with van der Waals surface area (Å²) in [5.74, 6) is -0.776. The number of alkyl carbamates (subject to hydrolysis) is 1. The Labute approximate surface area is 150 Å². The molecule has 1 N–H and O–H groups in total. The molecule has 0 aliphatic carbocycles. The van der Waals surface area contributed by atoms with Crippen molar-refractivity contribution < 1.29 is 23.1 Å². The van der Waals surface area contributed by atoms with Crippen LogP contribution in [0.4, 0.5) is 4.79 Å². The standard InChI is InChI=1S/C18H30NO5P/c1-6-22-25(21,23-7-2)16(19-17(20)24-18(3,4)5)14-13-15-11-9-8-10-12-15/h8-12,16H,6-7,13-14H2,1-5H3,(H,19,20)/t16-/m0/s1. The van der Waals surface area contributed by atoms with Crippen LogP contribution in [0.3, 0.4) is 0 Å². The van der Waals surface area contributed by atoms with Crippen molar-refractivity contribution in [3.8, 4) is 0 Å². The molecule has 0 saturated carbocycles. The minimum atomic E-state index is -3.50. The van der Waals surface area contributed by atoms with Crippen LogP contribution in [0.15, 0.2) is 30.3 Å². The molecule has 0 saturated heterocycles. The van der Waals surface area contributed by atoms with Gasteiger partial charge < -0.3 is 19.1 Å². The molecule has 0 aromatic heterocycles. The van der Waals surface area contributed by atoms with E-state index < -0.39 is 25.1 Å². The predicted octanol–water partition coefficient (Wildman–Crippen LogP) is 4.74. The smallest absolute Gasteiger partial charge is 0.408 e. The zero-order valence-corrected chi connectivity index (χ0v) is 16.7. The zero-order valence-electron chi connectivity index (χ0n) is 15.8. The van der Waals surface area contributed by atoms with Gasteiger partial charge in [0.1, 0.15) is 11.4 Å². The van der Waals surface area contributed by atoms with Crippen molar-refractivity contribution in [1.82, 2.24) is 5.32 Å². The van der Waals surface area contributed by atoms with E-state index in [-0.39, 0.29) is 13.2 Å². The summed E-state index contributed by atoms with van der Waals surface area (Å²) in [4.78, 5) is 12.2. The lowest BCUT2D eigenvalue weighted by molar-refractivity contribution is 0.0507. The molecule has 7 heteroatoms. The highest BCUT2D eigenvalue weighted by Crippen LogP contribution is 2.53. The Hall–Kier alpha value is -1.36. The monoisotopic (exact) mass is 371 g/mol. The van der Waals surface area contributed by atoms with Crippen molar-refractivity contribution in [1.29, 1.82) is 0 Å². The van der Waals surface area contributed by atoms with Crippen LogP contribution in [0.5, 0.6) is 0 Å². The molecule has 1 amide bonds. The summed E-state index contributed by atoms with van der Waals surface area (Å²) in [5, 5.41) is 2.68. The highest BCUT2D eigenvalue weighted by Gasteiger charge is 2.37. The predicted molar refractivity (Wildman–Crippen MR) is 98.8 cm³/mol. The van der Waals surface area contributed by atoms with Crippen LogP contribution in [-0.4, -0.2) is 30.7 Å². The molecule has 0 bridgehead atoms. The quantitative estimate of drug-likeness (QED) is 0.635. The number of amides is 1. The topological polar surface area (TPSA) is 73.9 Å². The molecule has 0 spiro atoms. The Morgan fingerprint density at radius 3 is 2.16 bits per heavy atom. The van der Waals surface area contributed by atoms with Crippen molar-refractivity contribution in [2.24, 2.45) is 0 Å². The van der Waals surface area contributed by atoms with Crippen molar-refractivity contribution in [3.05, 3.63) is 35.9 Å². The second kappa shape index (κ2) is 9.95. The van der Waals surface area contributed by atoms with Gasteiger partial charge in [0, 0.05) is 0 Å². The SMILES string of the molecule is CCOP(=O)(OCC)[C@@H](CCc1ccccc1)NC(=O)OC(C)(C)C. The van der Waals surface area contributed by atoms with E-state index in [1.165, 1.54) is 0 Å². The minimum absolute atomic E-state index is 0.231. The molecule has 1 aromatic carbocycles. The van der Waals surface area contributed by atoms with Crippen LogP contribution in [0, 0.1) is 0 Å². The largest absolute Gasteiger partial charge is 0.444 e. The maximum absolute atomic E-state index is 13.1. The minimum Gasteiger partial charge on any atom is -0.444 e. The second-order valence-electron chi connectivity index (χ2n) is 6.56. The number of hydrogen-bond donors (Lipinski definition) is 1. The zero-order chi connectivity index (χ0) is 18.9. The molecule has 1 aromatic rings. The van der Waals surface area contributed by atoms with E-state index >= 15 is 0 Å². The van der Waals surface area contributed by atoms with E-state index in [1.807, 2.05) is 30.3 Å². The van der Waals surface area contributed by atoms with E-state index in [0.717, 1.165) is 5.56 Å². The average molecular weight is 371 g/mol. The third kappa shape index (κ3) is 8.04. The van der Waals surface area contributed by atoms with Crippen LogP contribution >= 0.6 is 7.60 Å². The lowest BCUT2D eigenvalue weighted by atomic mass is 10.1. The van der Waals surface area contributed by atoms with Gasteiger partial charge in [0.25, 0.3) is 0 Å². The number of carbonyl (C=O) groups is 1. The van der Waals surface area contributed by atoms with Crippen molar-refractivity contribution in [2.75, 3.05) is 13.2 Å². The molecule has 0 unspecified atom stereocenters. The Kier molecular flexibility index (Phi) is 8.63. The molecule has 0 heterocycles. The van der Waals surface area contributed by atoms with Gasteiger partial charge in [-0.05, 0) is 53.0 Å². The molecular weight excluding hydrogens is 341 g/mol. The number of aryl methyl sites for hydroxylation is 1. The normalized spacial score (nSPS) is 13.3. The van der Waals surface area contributed by atoms with Gasteiger partial charge in [-0.25, -0.2) is 4.79 Å². The van der Waals surface area contributed by atoms with E-state index in [1.54, 1.807) is 34.6 Å². The molecule has 0 radical (unpaired) electrons.